The van der Waals surface area contributed by atoms with Crippen molar-refractivity contribution in [2.24, 2.45) is 5.92 Å². The Balaban J connectivity index is 1.61. The summed E-state index contributed by atoms with van der Waals surface area (Å²) in [6.07, 6.45) is 9.76. The lowest BCUT2D eigenvalue weighted by Gasteiger charge is -2.20. The predicted molar refractivity (Wildman–Crippen MR) is 75.0 cm³/mol. The Bertz CT molecular complexity index is 392. The standard InChI is InChI=1S/C14H23N3S/c1-2-17-13(12-8-9-12)15-16-14(17)18-10-11-6-4-3-5-7-11/h11-12H,2-10H2,1H3. The maximum Gasteiger partial charge on any atom is 0.191 e. The van der Waals surface area contributed by atoms with E-state index in [-0.39, 0.29) is 0 Å². The van der Waals surface area contributed by atoms with E-state index in [1.807, 2.05) is 11.8 Å². The van der Waals surface area contributed by atoms with Crippen LogP contribution < -0.4 is 0 Å². The molecule has 2 aliphatic carbocycles. The molecule has 0 unspecified atom stereocenters. The van der Waals surface area contributed by atoms with Crippen molar-refractivity contribution < 1.29 is 0 Å². The molecule has 0 atom stereocenters. The van der Waals surface area contributed by atoms with Crippen LogP contribution in [-0.4, -0.2) is 20.5 Å². The molecule has 4 heteroatoms. The van der Waals surface area contributed by atoms with E-state index in [1.54, 1.807) is 0 Å². The summed E-state index contributed by atoms with van der Waals surface area (Å²) in [5, 5.41) is 9.97. The largest absolute Gasteiger partial charge is 0.306 e. The molecule has 0 aliphatic heterocycles. The number of aromatic nitrogens is 3. The van der Waals surface area contributed by atoms with Gasteiger partial charge < -0.3 is 4.57 Å². The van der Waals surface area contributed by atoms with Gasteiger partial charge in [-0.2, -0.15) is 0 Å². The molecule has 2 fully saturated rings. The molecule has 2 aliphatic rings. The highest BCUT2D eigenvalue weighted by atomic mass is 32.2. The summed E-state index contributed by atoms with van der Waals surface area (Å²) in [6, 6.07) is 0. The molecule has 0 amide bonds. The SMILES string of the molecule is CCn1c(SCC2CCCCC2)nnc1C1CC1. The van der Waals surface area contributed by atoms with Gasteiger partial charge in [-0.3, -0.25) is 0 Å². The van der Waals surface area contributed by atoms with Gasteiger partial charge in [-0.1, -0.05) is 31.0 Å². The van der Waals surface area contributed by atoms with Crippen molar-refractivity contribution in [3.63, 3.8) is 0 Å². The van der Waals surface area contributed by atoms with Crippen LogP contribution in [0.1, 0.15) is 63.6 Å². The summed E-state index contributed by atoms with van der Waals surface area (Å²) in [6.45, 7) is 3.23. The second-order valence-corrected chi connectivity index (χ2v) is 6.66. The van der Waals surface area contributed by atoms with Gasteiger partial charge in [0.2, 0.25) is 0 Å². The van der Waals surface area contributed by atoms with Crippen LogP contribution in [0.2, 0.25) is 0 Å². The lowest BCUT2D eigenvalue weighted by molar-refractivity contribution is 0.390. The van der Waals surface area contributed by atoms with Gasteiger partial charge in [-0.15, -0.1) is 10.2 Å². The highest BCUT2D eigenvalue weighted by Gasteiger charge is 2.30. The van der Waals surface area contributed by atoms with Crippen LogP contribution in [-0.2, 0) is 6.54 Å². The Hall–Kier alpha value is -0.510. The van der Waals surface area contributed by atoms with Crippen LogP contribution in [0.4, 0.5) is 0 Å². The van der Waals surface area contributed by atoms with Gasteiger partial charge in [0.05, 0.1) is 0 Å². The first-order valence-corrected chi connectivity index (χ1v) is 8.43. The van der Waals surface area contributed by atoms with Crippen LogP contribution >= 0.6 is 11.8 Å². The molecular formula is C14H23N3S. The minimum Gasteiger partial charge on any atom is -0.306 e. The lowest BCUT2D eigenvalue weighted by Crippen LogP contribution is -2.09. The van der Waals surface area contributed by atoms with Crippen molar-refractivity contribution >= 4 is 11.8 Å². The van der Waals surface area contributed by atoms with Gasteiger partial charge in [0, 0.05) is 18.2 Å². The van der Waals surface area contributed by atoms with Crippen molar-refractivity contribution in [1.29, 1.82) is 0 Å². The van der Waals surface area contributed by atoms with Crippen molar-refractivity contribution in [1.82, 2.24) is 14.8 Å². The summed E-state index contributed by atoms with van der Waals surface area (Å²) in [4.78, 5) is 0. The normalized spacial score (nSPS) is 21.4. The summed E-state index contributed by atoms with van der Waals surface area (Å²) < 4.78 is 2.34. The first-order valence-electron chi connectivity index (χ1n) is 7.44. The molecular weight excluding hydrogens is 242 g/mol. The van der Waals surface area contributed by atoms with Gasteiger partial charge >= 0.3 is 0 Å². The van der Waals surface area contributed by atoms with Gasteiger partial charge in [0.1, 0.15) is 5.82 Å². The maximum absolute atomic E-state index is 4.41. The molecule has 0 bridgehead atoms. The Labute approximate surface area is 114 Å². The van der Waals surface area contributed by atoms with Crippen LogP contribution in [0, 0.1) is 5.92 Å². The second kappa shape index (κ2) is 5.64. The Morgan fingerprint density at radius 1 is 1.11 bits per heavy atom. The summed E-state index contributed by atoms with van der Waals surface area (Å²) in [5.41, 5.74) is 0. The number of hydrogen-bond acceptors (Lipinski definition) is 3. The zero-order valence-electron chi connectivity index (χ0n) is 11.3. The number of thioether (sulfide) groups is 1. The van der Waals surface area contributed by atoms with Crippen LogP contribution in [0.3, 0.4) is 0 Å². The first-order chi connectivity index (χ1) is 8.88. The van der Waals surface area contributed by atoms with E-state index in [9.17, 15) is 0 Å². The average Bonchev–Trinajstić information content (AvgIpc) is 3.18. The fraction of sp³-hybridized carbons (Fsp3) is 0.857. The van der Waals surface area contributed by atoms with Gasteiger partial charge in [-0.05, 0) is 38.5 Å². The number of hydrogen-bond donors (Lipinski definition) is 0. The first kappa shape index (κ1) is 12.5. The molecule has 1 aromatic heterocycles. The van der Waals surface area contributed by atoms with Crippen molar-refractivity contribution in [2.45, 2.75) is 69.5 Å². The van der Waals surface area contributed by atoms with Crippen molar-refractivity contribution in [2.75, 3.05) is 5.75 Å². The van der Waals surface area contributed by atoms with E-state index in [1.165, 1.54) is 56.5 Å². The van der Waals surface area contributed by atoms with E-state index < -0.39 is 0 Å². The minimum absolute atomic E-state index is 0.710. The topological polar surface area (TPSA) is 30.7 Å². The van der Waals surface area contributed by atoms with Crippen molar-refractivity contribution in [3.8, 4) is 0 Å². The van der Waals surface area contributed by atoms with Gasteiger partial charge in [-0.25, -0.2) is 0 Å². The smallest absolute Gasteiger partial charge is 0.191 e. The molecule has 0 N–H and O–H groups in total. The van der Waals surface area contributed by atoms with Gasteiger partial charge in [0.15, 0.2) is 5.16 Å². The fourth-order valence-corrected chi connectivity index (χ4v) is 4.09. The average molecular weight is 265 g/mol. The summed E-state index contributed by atoms with van der Waals surface area (Å²) in [7, 11) is 0. The van der Waals surface area contributed by atoms with Crippen LogP contribution in [0.25, 0.3) is 0 Å². The number of nitrogens with zero attached hydrogens (tertiary/aromatic N) is 3. The molecule has 0 aromatic carbocycles. The Morgan fingerprint density at radius 2 is 1.89 bits per heavy atom. The quantitative estimate of drug-likeness (QED) is 0.758. The maximum atomic E-state index is 4.41. The minimum atomic E-state index is 0.710. The van der Waals surface area contributed by atoms with E-state index in [0.717, 1.165) is 17.6 Å². The predicted octanol–water partition coefficient (Wildman–Crippen LogP) is 3.85. The fourth-order valence-electron chi connectivity index (χ4n) is 2.89. The highest BCUT2D eigenvalue weighted by molar-refractivity contribution is 7.99. The van der Waals surface area contributed by atoms with E-state index >= 15 is 0 Å². The lowest BCUT2D eigenvalue weighted by atomic mass is 9.91. The molecule has 100 valence electrons. The highest BCUT2D eigenvalue weighted by Crippen LogP contribution is 2.40. The molecule has 2 saturated carbocycles. The molecule has 3 nitrogen and oxygen atoms in total. The van der Waals surface area contributed by atoms with E-state index in [2.05, 4.69) is 21.7 Å². The third-order valence-corrected chi connectivity index (χ3v) is 5.38. The van der Waals surface area contributed by atoms with Gasteiger partial charge in [0.25, 0.3) is 0 Å². The molecule has 1 aromatic rings. The second-order valence-electron chi connectivity index (χ2n) is 5.67. The third kappa shape index (κ3) is 2.73. The van der Waals surface area contributed by atoms with E-state index in [4.69, 9.17) is 0 Å². The Morgan fingerprint density at radius 3 is 2.56 bits per heavy atom. The molecule has 0 spiro atoms. The summed E-state index contributed by atoms with van der Waals surface area (Å²) >= 11 is 1.93. The molecule has 0 radical (unpaired) electrons. The zero-order valence-corrected chi connectivity index (χ0v) is 12.1. The van der Waals surface area contributed by atoms with Crippen molar-refractivity contribution in [3.05, 3.63) is 5.82 Å². The van der Waals surface area contributed by atoms with E-state index in [0.29, 0.717) is 5.92 Å². The third-order valence-electron chi connectivity index (χ3n) is 4.18. The zero-order chi connectivity index (χ0) is 12.4. The molecule has 18 heavy (non-hydrogen) atoms. The molecule has 0 saturated heterocycles. The molecule has 1 heterocycles. The molecule has 3 rings (SSSR count). The monoisotopic (exact) mass is 265 g/mol. The Kier molecular flexibility index (Phi) is 3.92. The number of rotatable bonds is 5. The van der Waals surface area contributed by atoms with Crippen LogP contribution in [0.5, 0.6) is 0 Å². The summed E-state index contributed by atoms with van der Waals surface area (Å²) in [5.74, 6) is 4.10. The van der Waals surface area contributed by atoms with Crippen LogP contribution in [0.15, 0.2) is 5.16 Å².